The first-order chi connectivity index (χ1) is 11.4. The zero-order chi connectivity index (χ0) is 17.2. The summed E-state index contributed by atoms with van der Waals surface area (Å²) in [6.45, 7) is 0.275. The maximum absolute atomic E-state index is 8.49. The fourth-order valence-corrected chi connectivity index (χ4v) is 2.23. The molecule has 0 atom stereocenters. The predicted molar refractivity (Wildman–Crippen MR) is 72.2 cm³/mol. The van der Waals surface area contributed by atoms with Crippen LogP contribution in [-0.4, -0.2) is 6.79 Å². The van der Waals surface area contributed by atoms with E-state index in [2.05, 4.69) is 0 Å². The minimum absolute atomic E-state index is 0.275. The summed E-state index contributed by atoms with van der Waals surface area (Å²) in [4.78, 5) is 0. The van der Waals surface area contributed by atoms with E-state index < -0.39 is 10.2 Å². The lowest BCUT2D eigenvalue weighted by molar-refractivity contribution is -2.00. The summed E-state index contributed by atoms with van der Waals surface area (Å²) in [5.74, 6) is 2.35. The summed E-state index contributed by atoms with van der Waals surface area (Å²) in [5, 5.41) is 1.00. The van der Waals surface area contributed by atoms with E-state index in [1.165, 1.54) is 0 Å². The Balaban J connectivity index is 0.000000300. The Labute approximate surface area is 138 Å². The van der Waals surface area contributed by atoms with Gasteiger partial charge in [-0.05, 0) is 18.2 Å². The van der Waals surface area contributed by atoms with E-state index >= 15 is 0 Å². The van der Waals surface area contributed by atoms with Gasteiger partial charge in [-0.25, -0.2) is 23.1 Å². The summed E-state index contributed by atoms with van der Waals surface area (Å²) in [6.07, 6.45) is 0. The summed E-state index contributed by atoms with van der Waals surface area (Å²) in [6, 6.07) is 17.9. The number of benzene rings is 2. The van der Waals surface area contributed by atoms with Crippen LogP contribution < -0.4 is 28.1 Å². The van der Waals surface area contributed by atoms with Gasteiger partial charge in [0.25, 0.3) is 0 Å². The summed E-state index contributed by atoms with van der Waals surface area (Å²) >= 11 is 0. The van der Waals surface area contributed by atoms with Crippen molar-refractivity contribution in [3.8, 4) is 22.8 Å². The van der Waals surface area contributed by atoms with Gasteiger partial charge in [-0.1, -0.05) is 18.2 Å². The van der Waals surface area contributed by atoms with Crippen LogP contribution in [0.1, 0.15) is 0 Å². The molecule has 0 spiro atoms. The fourth-order valence-electron chi connectivity index (χ4n) is 2.23. The Morgan fingerprint density at radius 2 is 1.46 bits per heavy atom. The predicted octanol–water partition coefficient (Wildman–Crippen LogP) is -0.646. The largest absolute Gasteiger partial charge is 0.454 e. The van der Waals surface area contributed by atoms with E-state index in [-0.39, 0.29) is 6.79 Å². The lowest BCUT2D eigenvalue weighted by Crippen LogP contribution is -2.68. The molecule has 0 N–H and O–H groups in total. The van der Waals surface area contributed by atoms with Gasteiger partial charge in [0.2, 0.25) is 6.79 Å². The normalized spacial score (nSPS) is 12.7. The Hall–Kier alpha value is -2.42. The molecule has 0 aliphatic carbocycles. The SMILES string of the molecule is [O-][Cl+3]([O-])([O-])[O-].c1ccc(-c2ccc3cc4c(cc3[o+]2)OCO4)cc1. The van der Waals surface area contributed by atoms with Crippen LogP contribution in [0, 0.1) is 10.2 Å². The van der Waals surface area contributed by atoms with Gasteiger partial charge < -0.3 is 9.47 Å². The molecule has 0 bridgehead atoms. The van der Waals surface area contributed by atoms with Crippen molar-refractivity contribution < 1.29 is 42.8 Å². The molecule has 1 aliphatic heterocycles. The molecule has 0 fully saturated rings. The van der Waals surface area contributed by atoms with Crippen molar-refractivity contribution in [3.05, 3.63) is 54.6 Å². The van der Waals surface area contributed by atoms with Gasteiger partial charge in [-0.15, -0.1) is 10.2 Å². The Morgan fingerprint density at radius 1 is 0.833 bits per heavy atom. The summed E-state index contributed by atoms with van der Waals surface area (Å²) < 4.78 is 50.6. The highest BCUT2D eigenvalue weighted by Gasteiger charge is 2.21. The van der Waals surface area contributed by atoms with Crippen LogP contribution in [0.15, 0.2) is 59.0 Å². The molecular weight excluding hydrogens is 340 g/mol. The molecule has 4 rings (SSSR count). The van der Waals surface area contributed by atoms with Gasteiger partial charge in [0.05, 0.1) is 17.0 Å². The van der Waals surface area contributed by atoms with Crippen LogP contribution >= 0.6 is 0 Å². The summed E-state index contributed by atoms with van der Waals surface area (Å²) in [7, 11) is -4.94. The fraction of sp³-hybridized carbons (Fsp3) is 0.0625. The van der Waals surface area contributed by atoms with Crippen molar-refractivity contribution in [2.75, 3.05) is 6.79 Å². The standard InChI is InChI=1S/C16H11O3.ClHO4/c1-2-4-11(5-3-1)13-7-6-12-8-15-16(18-10-17-15)9-14(12)19-13;2-1(3,4)5/h1-9H,10H2;(H,2,3,4,5)/q+1;/p-1. The first-order valence-electron chi connectivity index (χ1n) is 6.74. The Morgan fingerprint density at radius 3 is 2.12 bits per heavy atom. The second-order valence-electron chi connectivity index (χ2n) is 4.79. The number of rotatable bonds is 1. The van der Waals surface area contributed by atoms with E-state index in [4.69, 9.17) is 32.5 Å². The molecule has 8 heteroatoms. The van der Waals surface area contributed by atoms with E-state index in [1.807, 2.05) is 54.6 Å². The summed E-state index contributed by atoms with van der Waals surface area (Å²) in [5.41, 5.74) is 1.85. The quantitative estimate of drug-likeness (QED) is 0.534. The lowest BCUT2D eigenvalue weighted by atomic mass is 10.1. The highest BCUT2D eigenvalue weighted by Crippen LogP contribution is 2.37. The van der Waals surface area contributed by atoms with Gasteiger partial charge in [-0.2, -0.15) is 0 Å². The van der Waals surface area contributed by atoms with Crippen molar-refractivity contribution in [1.29, 1.82) is 0 Å². The molecule has 0 amide bonds. The Bertz CT molecular complexity index is 840. The number of ether oxygens (including phenoxy) is 2. The molecule has 0 radical (unpaired) electrons. The number of hydrogen-bond acceptors (Lipinski definition) is 6. The highest BCUT2D eigenvalue weighted by molar-refractivity contribution is 5.82. The minimum atomic E-state index is -4.94. The average molecular weight is 351 g/mol. The molecule has 7 nitrogen and oxygen atoms in total. The third kappa shape index (κ3) is 4.10. The molecule has 1 aromatic heterocycles. The molecule has 24 heavy (non-hydrogen) atoms. The molecule has 3 aromatic rings. The zero-order valence-electron chi connectivity index (χ0n) is 12.1. The first-order valence-corrected chi connectivity index (χ1v) is 7.97. The van der Waals surface area contributed by atoms with Crippen molar-refractivity contribution in [2.45, 2.75) is 0 Å². The maximum atomic E-state index is 8.49. The lowest BCUT2D eigenvalue weighted by Gasteiger charge is -2.17. The second-order valence-corrected chi connectivity index (χ2v) is 5.54. The highest BCUT2D eigenvalue weighted by atomic mass is 35.7. The number of hydrogen-bond donors (Lipinski definition) is 0. The monoisotopic (exact) mass is 350 g/mol. The van der Waals surface area contributed by atoms with Crippen molar-refractivity contribution in [3.63, 3.8) is 0 Å². The van der Waals surface area contributed by atoms with E-state index in [9.17, 15) is 0 Å². The second kappa shape index (κ2) is 6.60. The van der Waals surface area contributed by atoms with Gasteiger partial charge in [0.15, 0.2) is 11.5 Å². The molecule has 0 saturated carbocycles. The van der Waals surface area contributed by atoms with Crippen LogP contribution in [0.3, 0.4) is 0 Å². The van der Waals surface area contributed by atoms with E-state index in [0.717, 1.165) is 33.8 Å². The van der Waals surface area contributed by atoms with Gasteiger partial charge in [0.1, 0.15) is 0 Å². The van der Waals surface area contributed by atoms with Gasteiger partial charge >= 0.3 is 11.3 Å². The molecular formula is C16H11ClO7. The first kappa shape index (κ1) is 16.4. The molecule has 2 aromatic carbocycles. The van der Waals surface area contributed by atoms with E-state index in [0.29, 0.717) is 0 Å². The smallest absolute Gasteiger partial charge is 0.364 e. The van der Waals surface area contributed by atoms with Gasteiger partial charge in [0, 0.05) is 12.1 Å². The molecule has 1 aliphatic rings. The van der Waals surface area contributed by atoms with Crippen LogP contribution in [0.4, 0.5) is 0 Å². The van der Waals surface area contributed by atoms with Crippen LogP contribution in [0.25, 0.3) is 22.3 Å². The molecule has 2 heterocycles. The molecule has 0 unspecified atom stereocenters. The molecule has 0 saturated heterocycles. The van der Waals surface area contributed by atoms with Crippen molar-refractivity contribution >= 4 is 11.0 Å². The zero-order valence-corrected chi connectivity index (χ0v) is 12.9. The third-order valence-electron chi connectivity index (χ3n) is 3.20. The van der Waals surface area contributed by atoms with Crippen LogP contribution in [0.2, 0.25) is 0 Å². The van der Waals surface area contributed by atoms with Crippen LogP contribution in [0.5, 0.6) is 11.5 Å². The van der Waals surface area contributed by atoms with Crippen LogP contribution in [-0.2, 0) is 0 Å². The number of halogens is 1. The Kier molecular flexibility index (Phi) is 4.52. The molecule has 124 valence electrons. The van der Waals surface area contributed by atoms with Crippen molar-refractivity contribution in [2.24, 2.45) is 0 Å². The minimum Gasteiger partial charge on any atom is -0.454 e. The topological polar surface area (TPSA) is 122 Å². The van der Waals surface area contributed by atoms with Crippen molar-refractivity contribution in [1.82, 2.24) is 0 Å². The van der Waals surface area contributed by atoms with E-state index in [1.54, 1.807) is 0 Å². The third-order valence-corrected chi connectivity index (χ3v) is 3.20. The maximum Gasteiger partial charge on any atom is 0.364 e. The van der Waals surface area contributed by atoms with Gasteiger partial charge in [-0.3, -0.25) is 0 Å². The average Bonchev–Trinajstić information content (AvgIpc) is 2.98. The number of fused-ring (bicyclic) bond motifs is 2.